The van der Waals surface area contributed by atoms with Crippen LogP contribution in [0.4, 0.5) is 5.69 Å². The van der Waals surface area contributed by atoms with Gasteiger partial charge in [0.15, 0.2) is 0 Å². The number of hydrogen-bond donors (Lipinski definition) is 1. The van der Waals surface area contributed by atoms with E-state index in [0.717, 1.165) is 0 Å². The Bertz CT molecular complexity index is 439. The maximum Gasteiger partial charge on any atom is 0.310 e. The topological polar surface area (TPSA) is 80.4 Å². The van der Waals surface area contributed by atoms with Gasteiger partial charge in [0.1, 0.15) is 0 Å². The molecule has 1 aromatic carbocycles. The molecule has 0 spiro atoms. The van der Waals surface area contributed by atoms with Crippen molar-refractivity contribution in [2.24, 2.45) is 5.92 Å². The first kappa shape index (κ1) is 11.9. The molecule has 0 aliphatic heterocycles. The summed E-state index contributed by atoms with van der Waals surface area (Å²) in [5.74, 6) is -1.63. The third-order valence-electron chi connectivity index (χ3n) is 2.09. The zero-order chi connectivity index (χ0) is 12.1. The number of nitro groups is 1. The molecule has 0 aliphatic rings. The second kappa shape index (κ2) is 5.06. The van der Waals surface area contributed by atoms with Crippen molar-refractivity contribution in [3.8, 4) is 0 Å². The largest absolute Gasteiger partial charge is 0.481 e. The Kier molecular flexibility index (Phi) is 3.77. The minimum Gasteiger partial charge on any atom is -0.481 e. The van der Waals surface area contributed by atoms with Crippen molar-refractivity contribution in [2.45, 2.75) is 6.92 Å². The Labute approximate surface area is 92.2 Å². The molecule has 5 heteroatoms. The quantitative estimate of drug-likeness (QED) is 0.625. The van der Waals surface area contributed by atoms with Crippen LogP contribution >= 0.6 is 0 Å². The van der Waals surface area contributed by atoms with E-state index in [1.165, 1.54) is 25.1 Å². The van der Waals surface area contributed by atoms with Crippen molar-refractivity contribution >= 4 is 17.7 Å². The van der Waals surface area contributed by atoms with Gasteiger partial charge in [-0.1, -0.05) is 24.3 Å². The summed E-state index contributed by atoms with van der Waals surface area (Å²) < 4.78 is 0. The number of rotatable bonds is 4. The maximum absolute atomic E-state index is 10.7. The Morgan fingerprint density at radius 2 is 2.12 bits per heavy atom. The van der Waals surface area contributed by atoms with Crippen molar-refractivity contribution in [2.75, 3.05) is 0 Å². The third-order valence-corrected chi connectivity index (χ3v) is 2.09. The van der Waals surface area contributed by atoms with Crippen LogP contribution in [0.2, 0.25) is 0 Å². The monoisotopic (exact) mass is 221 g/mol. The van der Waals surface area contributed by atoms with Gasteiger partial charge in [0, 0.05) is 6.07 Å². The fourth-order valence-electron chi connectivity index (χ4n) is 1.13. The number of aliphatic carboxylic acids is 1. The van der Waals surface area contributed by atoms with Crippen LogP contribution in [0.5, 0.6) is 0 Å². The summed E-state index contributed by atoms with van der Waals surface area (Å²) in [7, 11) is 0. The van der Waals surface area contributed by atoms with E-state index in [1.807, 2.05) is 0 Å². The van der Waals surface area contributed by atoms with Gasteiger partial charge in [-0.2, -0.15) is 0 Å². The number of para-hydroxylation sites is 1. The van der Waals surface area contributed by atoms with Gasteiger partial charge >= 0.3 is 5.97 Å². The summed E-state index contributed by atoms with van der Waals surface area (Å²) in [5.41, 5.74) is 0.372. The first-order valence-electron chi connectivity index (χ1n) is 4.67. The molecule has 0 aliphatic carbocycles. The second-order valence-corrected chi connectivity index (χ2v) is 3.30. The molecule has 0 amide bonds. The zero-order valence-corrected chi connectivity index (χ0v) is 8.66. The van der Waals surface area contributed by atoms with Crippen LogP contribution in [0.1, 0.15) is 12.5 Å². The third kappa shape index (κ3) is 2.91. The van der Waals surface area contributed by atoms with Crippen LogP contribution < -0.4 is 0 Å². The van der Waals surface area contributed by atoms with Crippen molar-refractivity contribution in [3.63, 3.8) is 0 Å². The van der Waals surface area contributed by atoms with Crippen LogP contribution in [0, 0.1) is 16.0 Å². The normalized spacial score (nSPS) is 12.6. The van der Waals surface area contributed by atoms with Crippen molar-refractivity contribution in [3.05, 3.63) is 46.0 Å². The summed E-state index contributed by atoms with van der Waals surface area (Å²) in [5, 5.41) is 19.3. The molecule has 0 aromatic heterocycles. The molecule has 84 valence electrons. The summed E-state index contributed by atoms with van der Waals surface area (Å²) in [6.45, 7) is 1.51. The summed E-state index contributed by atoms with van der Waals surface area (Å²) in [6, 6.07) is 6.18. The number of hydrogen-bond acceptors (Lipinski definition) is 3. The molecule has 0 fully saturated rings. The van der Waals surface area contributed by atoms with E-state index < -0.39 is 16.8 Å². The van der Waals surface area contributed by atoms with Crippen molar-refractivity contribution in [1.29, 1.82) is 0 Å². The van der Waals surface area contributed by atoms with Crippen molar-refractivity contribution in [1.82, 2.24) is 0 Å². The molecule has 0 saturated carbocycles. The molecular formula is C11H11NO4. The van der Waals surface area contributed by atoms with Gasteiger partial charge < -0.3 is 5.11 Å². The minimum absolute atomic E-state index is 0.0312. The van der Waals surface area contributed by atoms with E-state index in [-0.39, 0.29) is 5.69 Å². The van der Waals surface area contributed by atoms with E-state index in [9.17, 15) is 14.9 Å². The number of nitrogens with zero attached hydrogens (tertiary/aromatic N) is 1. The number of nitro benzene ring substituents is 1. The number of carboxylic acid groups (broad SMARTS) is 1. The average molecular weight is 221 g/mol. The first-order chi connectivity index (χ1) is 7.52. The molecular weight excluding hydrogens is 210 g/mol. The lowest BCUT2D eigenvalue weighted by molar-refractivity contribution is -0.385. The van der Waals surface area contributed by atoms with Crippen LogP contribution in [-0.4, -0.2) is 16.0 Å². The van der Waals surface area contributed by atoms with Crippen molar-refractivity contribution < 1.29 is 14.8 Å². The average Bonchev–Trinajstić information content (AvgIpc) is 2.25. The summed E-state index contributed by atoms with van der Waals surface area (Å²) in [6.07, 6.45) is 2.88. The zero-order valence-electron chi connectivity index (χ0n) is 8.66. The highest BCUT2D eigenvalue weighted by atomic mass is 16.6. The van der Waals surface area contributed by atoms with E-state index in [2.05, 4.69) is 0 Å². The highest BCUT2D eigenvalue weighted by Gasteiger charge is 2.11. The predicted octanol–water partition coefficient (Wildman–Crippen LogP) is 2.33. The minimum atomic E-state index is -0.963. The van der Waals surface area contributed by atoms with Gasteiger partial charge in [0.05, 0.1) is 16.4 Å². The summed E-state index contributed by atoms with van der Waals surface area (Å²) >= 11 is 0. The molecule has 1 aromatic rings. The Morgan fingerprint density at radius 1 is 1.50 bits per heavy atom. The molecule has 0 saturated heterocycles. The van der Waals surface area contributed by atoms with E-state index in [0.29, 0.717) is 5.56 Å². The van der Waals surface area contributed by atoms with Crippen LogP contribution in [0.15, 0.2) is 30.3 Å². The lowest BCUT2D eigenvalue weighted by atomic mass is 10.1. The Balaban J connectivity index is 2.97. The van der Waals surface area contributed by atoms with Gasteiger partial charge in [-0.25, -0.2) is 0 Å². The van der Waals surface area contributed by atoms with Crippen LogP contribution in [0.25, 0.3) is 6.08 Å². The molecule has 1 rings (SSSR count). The Hall–Kier alpha value is -2.17. The molecule has 0 heterocycles. The molecule has 0 radical (unpaired) electrons. The lowest BCUT2D eigenvalue weighted by Crippen LogP contribution is -2.05. The van der Waals surface area contributed by atoms with Gasteiger partial charge in [0.2, 0.25) is 0 Å². The lowest BCUT2D eigenvalue weighted by Gasteiger charge is -1.99. The highest BCUT2D eigenvalue weighted by Crippen LogP contribution is 2.19. The van der Waals surface area contributed by atoms with E-state index in [4.69, 9.17) is 5.11 Å². The first-order valence-corrected chi connectivity index (χ1v) is 4.67. The molecule has 1 atom stereocenters. The molecule has 1 unspecified atom stereocenters. The van der Waals surface area contributed by atoms with E-state index >= 15 is 0 Å². The number of carboxylic acids is 1. The predicted molar refractivity (Wildman–Crippen MR) is 58.9 cm³/mol. The summed E-state index contributed by atoms with van der Waals surface area (Å²) in [4.78, 5) is 20.7. The van der Waals surface area contributed by atoms with Gasteiger partial charge in [-0.3, -0.25) is 14.9 Å². The van der Waals surface area contributed by atoms with Crippen LogP contribution in [-0.2, 0) is 4.79 Å². The fourth-order valence-corrected chi connectivity index (χ4v) is 1.13. The van der Waals surface area contributed by atoms with Gasteiger partial charge in [-0.05, 0) is 13.0 Å². The maximum atomic E-state index is 10.7. The molecule has 16 heavy (non-hydrogen) atoms. The van der Waals surface area contributed by atoms with Gasteiger partial charge in [0.25, 0.3) is 5.69 Å². The number of benzene rings is 1. The van der Waals surface area contributed by atoms with Gasteiger partial charge in [-0.15, -0.1) is 0 Å². The smallest absolute Gasteiger partial charge is 0.310 e. The second-order valence-electron chi connectivity index (χ2n) is 3.30. The molecule has 5 nitrogen and oxygen atoms in total. The molecule has 1 N–H and O–H groups in total. The Morgan fingerprint density at radius 3 is 2.69 bits per heavy atom. The van der Waals surface area contributed by atoms with Crippen LogP contribution in [0.3, 0.4) is 0 Å². The van der Waals surface area contributed by atoms with E-state index in [1.54, 1.807) is 18.2 Å². The standard InChI is InChI=1S/C11H11NO4/c1-8(11(13)14)6-7-9-4-2-3-5-10(9)12(15)16/h2-8H,1H3,(H,13,14)/b7-6+. The molecule has 0 bridgehead atoms. The number of carbonyl (C=O) groups is 1. The highest BCUT2D eigenvalue weighted by molar-refractivity contribution is 5.74. The SMILES string of the molecule is CC(/C=C/c1ccccc1[N+](=O)[O-])C(=O)O. The fraction of sp³-hybridized carbons (Fsp3) is 0.182.